The van der Waals surface area contributed by atoms with E-state index in [0.29, 0.717) is 30.2 Å². The van der Waals surface area contributed by atoms with Crippen molar-refractivity contribution in [2.75, 3.05) is 44.4 Å². The largest absolute Gasteiger partial charge is 0.497 e. The van der Waals surface area contributed by atoms with Crippen LogP contribution in [0.4, 0.5) is 11.4 Å². The van der Waals surface area contributed by atoms with E-state index in [4.69, 9.17) is 4.74 Å². The second-order valence-electron chi connectivity index (χ2n) is 8.00. The van der Waals surface area contributed by atoms with Gasteiger partial charge in [-0.05, 0) is 63.2 Å². The van der Waals surface area contributed by atoms with Gasteiger partial charge in [-0.15, -0.1) is 0 Å². The fourth-order valence-corrected chi connectivity index (χ4v) is 5.02. The number of carbonyl (C=O) groups is 2. The normalized spacial score (nSPS) is 15.3. The van der Waals surface area contributed by atoms with Gasteiger partial charge in [-0.1, -0.05) is 6.07 Å². The Bertz CT molecular complexity index is 1080. The number of carbonyl (C=O) groups excluding carboxylic acids is 2. The molecule has 0 bridgehead atoms. The van der Waals surface area contributed by atoms with E-state index >= 15 is 0 Å². The monoisotopic (exact) mass is 474 g/mol. The first-order valence-electron chi connectivity index (χ1n) is 10.8. The summed E-state index contributed by atoms with van der Waals surface area (Å²) >= 11 is 0. The highest BCUT2D eigenvalue weighted by atomic mass is 32.2. The van der Waals surface area contributed by atoms with Gasteiger partial charge in [0.05, 0.1) is 24.6 Å². The van der Waals surface area contributed by atoms with Crippen LogP contribution >= 0.6 is 0 Å². The number of nitrogens with one attached hydrogen (secondary N) is 2. The van der Waals surface area contributed by atoms with Crippen LogP contribution in [-0.2, 0) is 19.6 Å². The molecule has 0 spiro atoms. The zero-order valence-corrected chi connectivity index (χ0v) is 19.9. The molecule has 178 valence electrons. The highest BCUT2D eigenvalue weighted by Gasteiger charge is 2.27. The standard InChI is InChI=1S/C23H30N4O5S/c1-17(26(2)16-22(28)24-19-7-6-8-20(15-19)32-3)23(29)25-18-9-11-21(12-10-18)33(30,31)27-13-4-5-14-27/h6-12,15,17H,4-5,13-14,16H2,1-3H3,(H,24,28)(H,25,29)/t17-/m0/s1. The summed E-state index contributed by atoms with van der Waals surface area (Å²) in [6, 6.07) is 12.6. The molecule has 2 aromatic rings. The Morgan fingerprint density at radius 2 is 1.73 bits per heavy atom. The first kappa shape index (κ1) is 24.7. The lowest BCUT2D eigenvalue weighted by Crippen LogP contribution is -2.43. The molecular weight excluding hydrogens is 444 g/mol. The van der Waals surface area contributed by atoms with E-state index in [1.165, 1.54) is 16.4 Å². The number of methoxy groups -OCH3 is 1. The average Bonchev–Trinajstić information content (AvgIpc) is 3.35. The van der Waals surface area contributed by atoms with E-state index in [2.05, 4.69) is 10.6 Å². The van der Waals surface area contributed by atoms with Crippen molar-refractivity contribution in [2.24, 2.45) is 0 Å². The van der Waals surface area contributed by atoms with Crippen LogP contribution in [0.5, 0.6) is 5.75 Å². The number of rotatable bonds is 9. The third-order valence-electron chi connectivity index (χ3n) is 5.61. The van der Waals surface area contributed by atoms with Gasteiger partial charge in [0.15, 0.2) is 0 Å². The number of hydrogen-bond acceptors (Lipinski definition) is 6. The average molecular weight is 475 g/mol. The second kappa shape index (κ2) is 10.8. The molecule has 2 N–H and O–H groups in total. The first-order chi connectivity index (χ1) is 15.7. The van der Waals surface area contributed by atoms with Gasteiger partial charge in [-0.3, -0.25) is 14.5 Å². The van der Waals surface area contributed by atoms with Crippen LogP contribution in [0.15, 0.2) is 53.4 Å². The smallest absolute Gasteiger partial charge is 0.243 e. The molecule has 2 amide bonds. The lowest BCUT2D eigenvalue weighted by Gasteiger charge is -2.23. The predicted octanol–water partition coefficient (Wildman–Crippen LogP) is 2.38. The lowest BCUT2D eigenvalue weighted by molar-refractivity contribution is -0.122. The number of sulfonamides is 1. The topological polar surface area (TPSA) is 108 Å². The van der Waals surface area contributed by atoms with E-state index in [1.54, 1.807) is 62.4 Å². The fraction of sp³-hybridized carbons (Fsp3) is 0.391. The number of benzene rings is 2. The van der Waals surface area contributed by atoms with Crippen LogP contribution in [0.25, 0.3) is 0 Å². The molecule has 0 aromatic heterocycles. The van der Waals surface area contributed by atoms with E-state index in [9.17, 15) is 18.0 Å². The molecule has 0 radical (unpaired) electrons. The van der Waals surface area contributed by atoms with E-state index in [0.717, 1.165) is 12.8 Å². The van der Waals surface area contributed by atoms with Crippen molar-refractivity contribution in [2.45, 2.75) is 30.7 Å². The number of amides is 2. The number of ether oxygens (including phenoxy) is 1. The van der Waals surface area contributed by atoms with Crippen molar-refractivity contribution in [3.63, 3.8) is 0 Å². The minimum atomic E-state index is -3.50. The SMILES string of the molecule is COc1cccc(NC(=O)CN(C)[C@@H](C)C(=O)Nc2ccc(S(=O)(=O)N3CCCC3)cc2)c1. The van der Waals surface area contributed by atoms with Crippen molar-refractivity contribution < 1.29 is 22.7 Å². The minimum absolute atomic E-state index is 0.0127. The molecule has 0 unspecified atom stereocenters. The molecule has 1 atom stereocenters. The van der Waals surface area contributed by atoms with E-state index in [1.807, 2.05) is 0 Å². The van der Waals surface area contributed by atoms with Crippen molar-refractivity contribution in [1.82, 2.24) is 9.21 Å². The van der Waals surface area contributed by atoms with Gasteiger partial charge < -0.3 is 15.4 Å². The lowest BCUT2D eigenvalue weighted by atomic mass is 10.2. The second-order valence-corrected chi connectivity index (χ2v) is 9.93. The molecule has 0 aliphatic carbocycles. The molecule has 1 fully saturated rings. The Kier molecular flexibility index (Phi) is 8.06. The predicted molar refractivity (Wildman–Crippen MR) is 127 cm³/mol. The molecule has 1 aliphatic heterocycles. The Morgan fingerprint density at radius 3 is 2.36 bits per heavy atom. The maximum Gasteiger partial charge on any atom is 0.243 e. The molecule has 10 heteroatoms. The summed E-state index contributed by atoms with van der Waals surface area (Å²) in [6.07, 6.45) is 1.74. The summed E-state index contributed by atoms with van der Waals surface area (Å²) in [5.41, 5.74) is 1.09. The van der Waals surface area contributed by atoms with Gasteiger partial charge in [0.1, 0.15) is 5.75 Å². The molecule has 1 aliphatic rings. The molecule has 9 nitrogen and oxygen atoms in total. The molecule has 1 heterocycles. The highest BCUT2D eigenvalue weighted by Crippen LogP contribution is 2.22. The van der Waals surface area contributed by atoms with Crippen LogP contribution in [0, 0.1) is 0 Å². The Labute approximate surface area is 194 Å². The first-order valence-corrected chi connectivity index (χ1v) is 12.2. The molecular formula is C23H30N4O5S. The number of hydrogen-bond donors (Lipinski definition) is 2. The molecule has 0 saturated carbocycles. The van der Waals surface area contributed by atoms with Gasteiger partial charge in [-0.25, -0.2) is 8.42 Å². The molecule has 33 heavy (non-hydrogen) atoms. The maximum absolute atomic E-state index is 12.6. The van der Waals surface area contributed by atoms with Gasteiger partial charge in [0, 0.05) is 30.5 Å². The van der Waals surface area contributed by atoms with Crippen LogP contribution in [0.2, 0.25) is 0 Å². The number of anilines is 2. The van der Waals surface area contributed by atoms with E-state index in [-0.39, 0.29) is 23.3 Å². The highest BCUT2D eigenvalue weighted by molar-refractivity contribution is 7.89. The van der Waals surface area contributed by atoms with Gasteiger partial charge in [-0.2, -0.15) is 4.31 Å². The Balaban J connectivity index is 1.54. The van der Waals surface area contributed by atoms with E-state index < -0.39 is 16.1 Å². The van der Waals surface area contributed by atoms with Crippen molar-refractivity contribution in [1.29, 1.82) is 0 Å². The summed E-state index contributed by atoms with van der Waals surface area (Å²) in [4.78, 5) is 26.8. The van der Waals surface area contributed by atoms with Gasteiger partial charge >= 0.3 is 0 Å². The fourth-order valence-electron chi connectivity index (χ4n) is 3.50. The minimum Gasteiger partial charge on any atom is -0.497 e. The Morgan fingerprint density at radius 1 is 1.06 bits per heavy atom. The van der Waals surface area contributed by atoms with Crippen LogP contribution in [0.1, 0.15) is 19.8 Å². The van der Waals surface area contributed by atoms with Gasteiger partial charge in [0.2, 0.25) is 21.8 Å². The van der Waals surface area contributed by atoms with Crippen LogP contribution in [-0.4, -0.2) is 69.3 Å². The summed E-state index contributed by atoms with van der Waals surface area (Å²) in [6.45, 7) is 2.78. The zero-order valence-electron chi connectivity index (χ0n) is 19.1. The number of likely N-dealkylation sites (N-methyl/N-ethyl adjacent to an activating group) is 1. The zero-order chi connectivity index (χ0) is 24.0. The Hall–Kier alpha value is -2.95. The van der Waals surface area contributed by atoms with Crippen LogP contribution in [0.3, 0.4) is 0 Å². The summed E-state index contributed by atoms with van der Waals surface area (Å²) in [5, 5.41) is 5.55. The third kappa shape index (κ3) is 6.31. The quantitative estimate of drug-likeness (QED) is 0.578. The summed E-state index contributed by atoms with van der Waals surface area (Å²) < 4.78 is 31.9. The molecule has 3 rings (SSSR count). The van der Waals surface area contributed by atoms with Crippen molar-refractivity contribution in [3.8, 4) is 5.75 Å². The summed E-state index contributed by atoms with van der Waals surface area (Å²) in [5.74, 6) is 0.0665. The van der Waals surface area contributed by atoms with Crippen molar-refractivity contribution in [3.05, 3.63) is 48.5 Å². The van der Waals surface area contributed by atoms with Gasteiger partial charge in [0.25, 0.3) is 0 Å². The maximum atomic E-state index is 12.6. The molecule has 1 saturated heterocycles. The molecule has 2 aromatic carbocycles. The third-order valence-corrected chi connectivity index (χ3v) is 7.52. The van der Waals surface area contributed by atoms with Crippen LogP contribution < -0.4 is 15.4 Å². The van der Waals surface area contributed by atoms with Crippen molar-refractivity contribution >= 4 is 33.2 Å². The summed E-state index contributed by atoms with van der Waals surface area (Å²) in [7, 11) is -0.265. The number of nitrogens with zero attached hydrogens (tertiary/aromatic N) is 2.